The van der Waals surface area contributed by atoms with Crippen molar-refractivity contribution in [1.29, 1.82) is 0 Å². The highest BCUT2D eigenvalue weighted by molar-refractivity contribution is 8.33. The monoisotopic (exact) mass is 566 g/mol. The van der Waals surface area contributed by atoms with Crippen LogP contribution >= 0.6 is 21.8 Å². The molecule has 0 bridgehead atoms. The van der Waals surface area contributed by atoms with Gasteiger partial charge in [-0.3, -0.25) is 0 Å². The molecule has 0 aliphatic carbocycles. The first kappa shape index (κ1) is 27.2. The predicted molar refractivity (Wildman–Crippen MR) is 179 cm³/mol. The Morgan fingerprint density at radius 1 is 0.439 bits per heavy atom. The molecule has 0 aliphatic heterocycles. The molecule has 0 nitrogen and oxygen atoms in total. The molecule has 0 spiro atoms. The van der Waals surface area contributed by atoms with Gasteiger partial charge in [-0.05, 0) is 112 Å². The lowest BCUT2D eigenvalue weighted by molar-refractivity contribution is 1.19. The topological polar surface area (TPSA) is 0 Å². The third-order valence-electron chi connectivity index (χ3n) is 7.68. The maximum absolute atomic E-state index is 2.46. The number of aryl methyl sites for hydroxylation is 2. The van der Waals surface area contributed by atoms with Crippen LogP contribution in [0.3, 0.4) is 0 Å². The highest BCUT2D eigenvalue weighted by atomic mass is 32.3. The Morgan fingerprint density at radius 3 is 1.54 bits per heavy atom. The largest absolute Gasteiger partial charge is 0.163 e. The summed E-state index contributed by atoms with van der Waals surface area (Å²) in [7, 11) is -1.46. The van der Waals surface area contributed by atoms with Crippen molar-refractivity contribution in [1.82, 2.24) is 0 Å². The molecule has 0 fully saturated rings. The third kappa shape index (κ3) is 5.77. The van der Waals surface area contributed by atoms with Crippen LogP contribution in [0.15, 0.2) is 176 Å². The van der Waals surface area contributed by atoms with E-state index in [0.717, 1.165) is 0 Å². The minimum absolute atomic E-state index is 1.25. The van der Waals surface area contributed by atoms with Gasteiger partial charge in [0, 0.05) is 14.7 Å². The second-order valence-corrected chi connectivity index (χ2v) is 14.9. The van der Waals surface area contributed by atoms with Crippen LogP contribution in [0.5, 0.6) is 0 Å². The normalized spacial score (nSPS) is 13.3. The molecule has 0 radical (unpaired) electrons. The Bertz CT molecular complexity index is 1760. The van der Waals surface area contributed by atoms with Crippen molar-refractivity contribution in [3.05, 3.63) is 163 Å². The lowest BCUT2D eigenvalue weighted by Gasteiger charge is -2.39. The van der Waals surface area contributed by atoms with E-state index in [1.807, 2.05) is 11.8 Å². The van der Waals surface area contributed by atoms with E-state index in [1.165, 1.54) is 57.9 Å². The molecule has 0 aromatic heterocycles. The van der Waals surface area contributed by atoms with Crippen molar-refractivity contribution >= 4 is 21.8 Å². The Kier molecular flexibility index (Phi) is 7.87. The van der Waals surface area contributed by atoms with Gasteiger partial charge in [-0.2, -0.15) is 10.0 Å². The molecule has 41 heavy (non-hydrogen) atoms. The Labute approximate surface area is 250 Å². The number of hydrogen-bond donors (Lipinski definition) is 0. The molecule has 6 aromatic rings. The zero-order valence-electron chi connectivity index (χ0n) is 23.8. The van der Waals surface area contributed by atoms with Crippen molar-refractivity contribution in [2.24, 2.45) is 0 Å². The van der Waals surface area contributed by atoms with Crippen LogP contribution in [0.4, 0.5) is 0 Å². The molecule has 0 aliphatic rings. The van der Waals surface area contributed by atoms with Gasteiger partial charge in [-0.15, -0.1) is 0 Å². The third-order valence-corrected chi connectivity index (χ3v) is 12.4. The second-order valence-electron chi connectivity index (χ2n) is 10.5. The highest BCUT2D eigenvalue weighted by Gasteiger charge is 2.28. The molecular formula is C39H34S2. The zero-order valence-corrected chi connectivity index (χ0v) is 25.4. The average Bonchev–Trinajstić information content (AvgIpc) is 3.02. The van der Waals surface area contributed by atoms with E-state index in [4.69, 9.17) is 0 Å². The van der Waals surface area contributed by atoms with Crippen LogP contribution in [0.1, 0.15) is 11.1 Å². The van der Waals surface area contributed by atoms with Crippen molar-refractivity contribution in [3.63, 3.8) is 0 Å². The molecule has 1 atom stereocenters. The lowest BCUT2D eigenvalue weighted by atomic mass is 10.1. The van der Waals surface area contributed by atoms with E-state index in [9.17, 15) is 0 Å². The SMILES string of the molecule is Cc1cccc(S(C)(c2ccc(-c3ccccc3)cc2)c2ccc(Sc3ccc(-c4ccccc4)cc3)cc2C)c1. The molecule has 0 amide bonds. The van der Waals surface area contributed by atoms with E-state index in [2.05, 4.69) is 172 Å². The van der Waals surface area contributed by atoms with Gasteiger partial charge in [0.25, 0.3) is 0 Å². The molecule has 0 saturated heterocycles. The highest BCUT2D eigenvalue weighted by Crippen LogP contribution is 2.66. The van der Waals surface area contributed by atoms with Gasteiger partial charge in [-0.1, -0.05) is 114 Å². The summed E-state index contributed by atoms with van der Waals surface area (Å²) >= 11 is 1.83. The molecule has 6 aromatic carbocycles. The van der Waals surface area contributed by atoms with Gasteiger partial charge in [0.2, 0.25) is 0 Å². The Morgan fingerprint density at radius 2 is 0.976 bits per heavy atom. The molecular weight excluding hydrogens is 533 g/mol. The second kappa shape index (κ2) is 11.9. The van der Waals surface area contributed by atoms with Crippen LogP contribution in [0.25, 0.3) is 22.3 Å². The van der Waals surface area contributed by atoms with E-state index >= 15 is 0 Å². The fourth-order valence-corrected chi connectivity index (χ4v) is 9.63. The smallest absolute Gasteiger partial charge is 0.0125 e. The predicted octanol–water partition coefficient (Wildman–Crippen LogP) is 11.7. The van der Waals surface area contributed by atoms with E-state index in [-0.39, 0.29) is 0 Å². The van der Waals surface area contributed by atoms with E-state index < -0.39 is 10.0 Å². The van der Waals surface area contributed by atoms with Gasteiger partial charge in [0.05, 0.1) is 0 Å². The summed E-state index contributed by atoms with van der Waals surface area (Å²) in [6.07, 6.45) is 2.46. The minimum Gasteiger partial charge on any atom is -0.163 e. The number of rotatable bonds is 7. The number of hydrogen-bond acceptors (Lipinski definition) is 1. The van der Waals surface area contributed by atoms with Gasteiger partial charge in [0.15, 0.2) is 0 Å². The van der Waals surface area contributed by atoms with Crippen molar-refractivity contribution in [2.75, 3.05) is 6.26 Å². The summed E-state index contributed by atoms with van der Waals surface area (Å²) in [5, 5.41) is 0. The van der Waals surface area contributed by atoms with Crippen LogP contribution in [0.2, 0.25) is 0 Å². The summed E-state index contributed by atoms with van der Waals surface area (Å²) in [4.78, 5) is 6.71. The van der Waals surface area contributed by atoms with Crippen molar-refractivity contribution in [2.45, 2.75) is 38.3 Å². The number of benzene rings is 6. The maximum Gasteiger partial charge on any atom is 0.0125 e. The first-order valence-electron chi connectivity index (χ1n) is 14.0. The minimum atomic E-state index is -1.46. The Balaban J connectivity index is 1.34. The summed E-state index contributed by atoms with van der Waals surface area (Å²) < 4.78 is 0. The van der Waals surface area contributed by atoms with Crippen molar-refractivity contribution < 1.29 is 0 Å². The first-order valence-corrected chi connectivity index (χ1v) is 16.8. The fourth-order valence-electron chi connectivity index (χ4n) is 5.44. The van der Waals surface area contributed by atoms with Crippen LogP contribution < -0.4 is 0 Å². The van der Waals surface area contributed by atoms with Crippen LogP contribution in [0, 0.1) is 13.8 Å². The summed E-state index contributed by atoms with van der Waals surface area (Å²) in [6, 6.07) is 55.5. The molecule has 0 saturated carbocycles. The standard InChI is InChI=1S/C39H34S2/c1-29-11-10-16-38(27-29)41(3,37-24-19-34(20-25-37)32-14-8-5-9-15-32)39-26-23-36(28-30(39)2)40-35-21-17-33(18-22-35)31-12-6-4-7-13-31/h4-28H,1-3H3. The van der Waals surface area contributed by atoms with Gasteiger partial charge in [0.1, 0.15) is 0 Å². The summed E-state index contributed by atoms with van der Waals surface area (Å²) in [6.45, 7) is 4.47. The summed E-state index contributed by atoms with van der Waals surface area (Å²) in [5.74, 6) is 0. The molecule has 2 heteroatoms. The average molecular weight is 567 g/mol. The lowest BCUT2D eigenvalue weighted by Crippen LogP contribution is -2.04. The molecule has 202 valence electrons. The fraction of sp³-hybridized carbons (Fsp3) is 0.0769. The van der Waals surface area contributed by atoms with Crippen molar-refractivity contribution in [3.8, 4) is 22.3 Å². The molecule has 6 rings (SSSR count). The summed E-state index contributed by atoms with van der Waals surface area (Å²) in [5.41, 5.74) is 7.63. The van der Waals surface area contributed by atoms with Gasteiger partial charge >= 0.3 is 0 Å². The molecule has 1 unspecified atom stereocenters. The molecule has 0 N–H and O–H groups in total. The molecule has 0 heterocycles. The quantitative estimate of drug-likeness (QED) is 0.185. The zero-order chi connectivity index (χ0) is 28.2. The van der Waals surface area contributed by atoms with E-state index in [0.29, 0.717) is 0 Å². The first-order chi connectivity index (χ1) is 20.0. The Hall–Kier alpha value is -3.98. The van der Waals surface area contributed by atoms with Crippen LogP contribution in [-0.4, -0.2) is 6.26 Å². The van der Waals surface area contributed by atoms with Gasteiger partial charge < -0.3 is 0 Å². The van der Waals surface area contributed by atoms with Crippen LogP contribution in [-0.2, 0) is 0 Å². The van der Waals surface area contributed by atoms with E-state index in [1.54, 1.807) is 0 Å². The van der Waals surface area contributed by atoms with Gasteiger partial charge in [-0.25, -0.2) is 0 Å². The maximum atomic E-state index is 2.46.